The van der Waals surface area contributed by atoms with Crippen LogP contribution < -0.4 is 0 Å². The number of carbonyl (C=O) groups excluding carboxylic acids is 2. The fourth-order valence-electron chi connectivity index (χ4n) is 7.06. The molecule has 2 fully saturated rings. The third-order valence-corrected chi connectivity index (χ3v) is 8.67. The van der Waals surface area contributed by atoms with Crippen molar-refractivity contribution in [1.29, 1.82) is 0 Å². The molecule has 0 spiro atoms. The maximum absolute atomic E-state index is 13.2. The fourth-order valence-corrected chi connectivity index (χ4v) is 7.06. The minimum Gasteiger partial charge on any atom is -0.299 e. The van der Waals surface area contributed by atoms with Crippen molar-refractivity contribution in [3.05, 3.63) is 36.2 Å². The maximum Gasteiger partial charge on any atom is 0.139 e. The second-order valence-electron chi connectivity index (χ2n) is 9.45. The first-order valence-corrected chi connectivity index (χ1v) is 10.5. The van der Waals surface area contributed by atoms with Crippen LogP contribution in [0, 0.1) is 28.1 Å². The van der Waals surface area contributed by atoms with Gasteiger partial charge in [-0.15, -0.1) is 0 Å². The van der Waals surface area contributed by atoms with E-state index in [-0.39, 0.29) is 28.1 Å². The van der Waals surface area contributed by atoms with Gasteiger partial charge in [-0.05, 0) is 73.5 Å². The van der Waals surface area contributed by atoms with Crippen LogP contribution in [0.2, 0.25) is 0 Å². The van der Waals surface area contributed by atoms with E-state index in [2.05, 4.69) is 37.9 Å². The normalized spacial score (nSPS) is 40.9. The Hall–Kier alpha value is -1.77. The van der Waals surface area contributed by atoms with E-state index in [0.29, 0.717) is 18.0 Å². The smallest absolute Gasteiger partial charge is 0.139 e. The molecule has 0 aromatic carbocycles. The number of hydrogen-bond donors (Lipinski definition) is 0. The van der Waals surface area contributed by atoms with Crippen molar-refractivity contribution in [2.45, 2.75) is 66.2 Å². The summed E-state index contributed by atoms with van der Waals surface area (Å²) < 4.78 is 0. The van der Waals surface area contributed by atoms with Crippen LogP contribution >= 0.6 is 0 Å². The van der Waals surface area contributed by atoms with Crippen molar-refractivity contribution in [3.63, 3.8) is 0 Å². The van der Waals surface area contributed by atoms with Gasteiger partial charge in [-0.2, -0.15) is 0 Å². The summed E-state index contributed by atoms with van der Waals surface area (Å²) >= 11 is 0. The Bertz CT molecular complexity index is 813. The Morgan fingerprint density at radius 2 is 2.04 bits per heavy atom. The third-order valence-electron chi connectivity index (χ3n) is 8.67. The van der Waals surface area contributed by atoms with Crippen LogP contribution in [0.1, 0.15) is 71.8 Å². The number of ketones is 2. The topological polar surface area (TPSA) is 47.0 Å². The third kappa shape index (κ3) is 2.30. The lowest BCUT2D eigenvalue weighted by Gasteiger charge is -2.61. The van der Waals surface area contributed by atoms with Crippen molar-refractivity contribution in [2.75, 3.05) is 0 Å². The predicted octanol–water partition coefficient (Wildman–Crippen LogP) is 5.26. The summed E-state index contributed by atoms with van der Waals surface area (Å²) in [6, 6.07) is 4.13. The molecule has 0 radical (unpaired) electrons. The average molecular weight is 366 g/mol. The number of hydrogen-bond acceptors (Lipinski definition) is 3. The summed E-state index contributed by atoms with van der Waals surface area (Å²) in [5, 5.41) is 0. The van der Waals surface area contributed by atoms with E-state index in [1.54, 1.807) is 6.92 Å². The highest BCUT2D eigenvalue weighted by Crippen LogP contribution is 2.69. The van der Waals surface area contributed by atoms with Crippen LogP contribution in [0.5, 0.6) is 0 Å². The zero-order valence-electron chi connectivity index (χ0n) is 17.0. The van der Waals surface area contributed by atoms with Crippen LogP contribution in [-0.4, -0.2) is 16.6 Å². The Labute approximate surface area is 162 Å². The molecule has 0 aliphatic heterocycles. The van der Waals surface area contributed by atoms with Gasteiger partial charge in [0.15, 0.2) is 0 Å². The summed E-state index contributed by atoms with van der Waals surface area (Å²) in [5.41, 5.74) is 1.80. The van der Waals surface area contributed by atoms with E-state index >= 15 is 0 Å². The van der Waals surface area contributed by atoms with E-state index in [4.69, 9.17) is 0 Å². The van der Waals surface area contributed by atoms with Gasteiger partial charge in [0.25, 0.3) is 0 Å². The molecule has 3 heteroatoms. The zero-order chi connectivity index (χ0) is 19.4. The molecule has 0 unspecified atom stereocenters. The number of nitrogens with zero attached hydrogens (tertiary/aromatic N) is 1. The van der Waals surface area contributed by atoms with Crippen LogP contribution in [0.4, 0.5) is 0 Å². The molecule has 2 saturated carbocycles. The molecular formula is C24H31NO2. The van der Waals surface area contributed by atoms with Crippen LogP contribution in [0.3, 0.4) is 0 Å². The van der Waals surface area contributed by atoms with Crippen molar-refractivity contribution < 1.29 is 9.59 Å². The number of rotatable bonds is 3. The SMILES string of the molecule is CC[C@@]1(C)C(=O)CC[C@]2(C(C)=O)[C@@H]1CC[C@]1(C)C(c3cccnc3)=CC[C@@H]21. The monoisotopic (exact) mass is 365 g/mol. The number of fused-ring (bicyclic) bond motifs is 3. The maximum atomic E-state index is 13.2. The second-order valence-corrected chi connectivity index (χ2v) is 9.45. The Kier molecular flexibility index (Phi) is 4.21. The largest absolute Gasteiger partial charge is 0.299 e. The second kappa shape index (κ2) is 6.12. The molecule has 27 heavy (non-hydrogen) atoms. The molecule has 1 aromatic rings. The lowest BCUT2D eigenvalue weighted by molar-refractivity contribution is -0.169. The van der Waals surface area contributed by atoms with E-state index in [0.717, 1.165) is 32.1 Å². The lowest BCUT2D eigenvalue weighted by Crippen LogP contribution is -2.61. The van der Waals surface area contributed by atoms with Crippen molar-refractivity contribution in [3.8, 4) is 0 Å². The van der Waals surface area contributed by atoms with Gasteiger partial charge in [0.1, 0.15) is 11.6 Å². The molecule has 0 amide bonds. The van der Waals surface area contributed by atoms with Crippen molar-refractivity contribution in [2.24, 2.45) is 28.1 Å². The Morgan fingerprint density at radius 1 is 1.26 bits per heavy atom. The first-order valence-electron chi connectivity index (χ1n) is 10.5. The molecule has 3 aliphatic carbocycles. The van der Waals surface area contributed by atoms with Crippen LogP contribution in [0.25, 0.3) is 5.57 Å². The molecule has 3 nitrogen and oxygen atoms in total. The van der Waals surface area contributed by atoms with Gasteiger partial charge in [0, 0.05) is 29.6 Å². The van der Waals surface area contributed by atoms with Gasteiger partial charge in [-0.25, -0.2) is 0 Å². The summed E-state index contributed by atoms with van der Waals surface area (Å²) in [7, 11) is 0. The Morgan fingerprint density at radius 3 is 2.67 bits per heavy atom. The summed E-state index contributed by atoms with van der Waals surface area (Å²) in [5.74, 6) is 1.13. The minimum absolute atomic E-state index is 0.0136. The molecule has 3 aliphatic rings. The van der Waals surface area contributed by atoms with Crippen molar-refractivity contribution in [1.82, 2.24) is 4.98 Å². The quantitative estimate of drug-likeness (QED) is 0.734. The van der Waals surface area contributed by atoms with Gasteiger partial charge < -0.3 is 0 Å². The fraction of sp³-hybridized carbons (Fsp3) is 0.625. The number of pyridine rings is 1. The van der Waals surface area contributed by atoms with Gasteiger partial charge >= 0.3 is 0 Å². The van der Waals surface area contributed by atoms with Gasteiger partial charge in [0.2, 0.25) is 0 Å². The predicted molar refractivity (Wildman–Crippen MR) is 107 cm³/mol. The molecule has 0 N–H and O–H groups in total. The minimum atomic E-state index is -0.369. The number of carbonyl (C=O) groups is 2. The molecule has 1 heterocycles. The van der Waals surface area contributed by atoms with E-state index in [1.165, 1.54) is 11.1 Å². The highest BCUT2D eigenvalue weighted by Gasteiger charge is 2.66. The molecule has 144 valence electrons. The van der Waals surface area contributed by atoms with Crippen LogP contribution in [-0.2, 0) is 9.59 Å². The summed E-state index contributed by atoms with van der Waals surface area (Å²) in [6.45, 7) is 8.39. The first kappa shape index (κ1) is 18.6. The highest BCUT2D eigenvalue weighted by atomic mass is 16.1. The van der Waals surface area contributed by atoms with E-state index in [1.807, 2.05) is 18.5 Å². The van der Waals surface area contributed by atoms with Gasteiger partial charge in [0.05, 0.1) is 0 Å². The molecule has 4 rings (SSSR count). The molecule has 5 atom stereocenters. The molecular weight excluding hydrogens is 334 g/mol. The van der Waals surface area contributed by atoms with Crippen molar-refractivity contribution >= 4 is 17.1 Å². The van der Waals surface area contributed by atoms with E-state index < -0.39 is 0 Å². The molecule has 1 aromatic heterocycles. The Balaban J connectivity index is 1.82. The first-order chi connectivity index (χ1) is 12.8. The highest BCUT2D eigenvalue weighted by molar-refractivity contribution is 5.92. The molecule has 0 saturated heterocycles. The van der Waals surface area contributed by atoms with Gasteiger partial charge in [-0.3, -0.25) is 14.6 Å². The van der Waals surface area contributed by atoms with Gasteiger partial charge in [-0.1, -0.05) is 32.9 Å². The standard InChI is InChI=1S/C24H31NO2/c1-5-22(3)20-10-12-23(4)18(17-7-6-14-25-15-17)8-9-19(23)24(20,16(2)26)13-11-21(22)27/h6-8,14-15,19-20H,5,9-13H2,1-4H3/t19-,20-,22-,23-,24-/m1/s1. The zero-order valence-corrected chi connectivity index (χ0v) is 17.0. The summed E-state index contributed by atoms with van der Waals surface area (Å²) in [6.07, 6.45) is 11.2. The number of Topliss-reactive ketones (excluding diaryl/α,β-unsaturated/α-hetero) is 2. The number of aromatic nitrogens is 1. The average Bonchev–Trinajstić information content (AvgIpc) is 3.02. The lowest BCUT2D eigenvalue weighted by atomic mass is 9.40. The summed E-state index contributed by atoms with van der Waals surface area (Å²) in [4.78, 5) is 30.5. The number of allylic oxidation sites excluding steroid dienone is 2. The van der Waals surface area contributed by atoms with E-state index in [9.17, 15) is 9.59 Å². The molecule has 0 bridgehead atoms. The van der Waals surface area contributed by atoms with Crippen LogP contribution in [0.15, 0.2) is 30.6 Å².